The number of azo groups is 2. The van der Waals surface area contributed by atoms with E-state index in [0.717, 1.165) is 23.5 Å². The highest BCUT2D eigenvalue weighted by Gasteiger charge is 2.08. The Morgan fingerprint density at radius 3 is 1.25 bits per heavy atom. The topological polar surface area (TPSA) is 189 Å². The molecule has 0 saturated heterocycles. The van der Waals surface area contributed by atoms with Crippen LogP contribution in [0.1, 0.15) is 20.7 Å². The second-order valence-electron chi connectivity index (χ2n) is 8.36. The van der Waals surface area contributed by atoms with Crippen LogP contribution in [0, 0.1) is 0 Å². The number of benzene rings is 4. The molecule has 12 nitrogen and oxygen atoms in total. The highest BCUT2D eigenvalue weighted by Crippen LogP contribution is 2.30. The molecule has 0 amide bonds. The lowest BCUT2D eigenvalue weighted by Gasteiger charge is -2.09. The summed E-state index contributed by atoms with van der Waals surface area (Å²) in [5.41, 5.74) is 3.15. The van der Waals surface area contributed by atoms with Gasteiger partial charge in [-0.25, -0.2) is 9.59 Å². The summed E-state index contributed by atoms with van der Waals surface area (Å²) >= 11 is 0. The molecule has 0 heterocycles. The molecule has 0 spiro atoms. The fourth-order valence-electron chi connectivity index (χ4n) is 3.41. The van der Waals surface area contributed by atoms with E-state index in [-0.39, 0.29) is 34.0 Å². The van der Waals surface area contributed by atoms with Crippen LogP contribution in [0.2, 0.25) is 0 Å². The van der Waals surface area contributed by atoms with E-state index in [1.807, 2.05) is 24.3 Å². The number of carbonyl (C=O) groups is 2. The van der Waals surface area contributed by atoms with Crippen LogP contribution in [-0.2, 0) is 0 Å². The van der Waals surface area contributed by atoms with Gasteiger partial charge in [0.25, 0.3) is 0 Å². The van der Waals surface area contributed by atoms with Gasteiger partial charge in [0.2, 0.25) is 0 Å². The summed E-state index contributed by atoms with van der Waals surface area (Å²) in [5.74, 6) is -2.81. The van der Waals surface area contributed by atoms with Gasteiger partial charge in [0, 0.05) is 24.5 Å². The Balaban J connectivity index is 1.22. The molecule has 0 bridgehead atoms. The first-order valence-electron chi connectivity index (χ1n) is 11.9. The molecule has 0 aliphatic carbocycles. The molecule has 4 aromatic carbocycles. The predicted molar refractivity (Wildman–Crippen MR) is 148 cm³/mol. The Bertz CT molecular complexity index is 1450. The monoisotopic (exact) mass is 540 g/mol. The molecular formula is C28H24N6O6. The number of aromatic carboxylic acids is 2. The molecule has 0 unspecified atom stereocenters. The fraction of sp³-hybridized carbons (Fsp3) is 0.0714. The molecule has 0 radical (unpaired) electrons. The Hall–Kier alpha value is -5.78. The van der Waals surface area contributed by atoms with Crippen LogP contribution >= 0.6 is 0 Å². The van der Waals surface area contributed by atoms with Crippen molar-refractivity contribution in [1.29, 1.82) is 0 Å². The summed E-state index contributed by atoms with van der Waals surface area (Å²) in [6, 6.07) is 22.1. The van der Waals surface area contributed by atoms with Crippen molar-refractivity contribution in [1.82, 2.24) is 0 Å². The maximum atomic E-state index is 10.9. The summed E-state index contributed by atoms with van der Waals surface area (Å²) in [4.78, 5) is 21.9. The standard InChI is InChI=1S/C28H24N6O6/c35-25-15-17(27(37)38)1-11-23(25)33-31-21-7-3-19(4-8-21)29-13-14-30-20-5-9-22(10-6-20)32-34-24-12-2-18(28(39)40)16-26(24)36/h1-12,15-16,29-30,35-36H,13-14H2,(H,37,38)(H,39,40)/b33-31+,34-32+. The van der Waals surface area contributed by atoms with Crippen molar-refractivity contribution in [3.8, 4) is 11.5 Å². The van der Waals surface area contributed by atoms with Crippen LogP contribution in [0.4, 0.5) is 34.1 Å². The number of hydrogen-bond donors (Lipinski definition) is 6. The first kappa shape index (κ1) is 27.3. The predicted octanol–water partition coefficient (Wildman–Crippen LogP) is 6.85. The van der Waals surface area contributed by atoms with Gasteiger partial charge in [-0.2, -0.15) is 10.2 Å². The van der Waals surface area contributed by atoms with Crippen LogP contribution < -0.4 is 10.6 Å². The molecule has 202 valence electrons. The number of phenolic OH excluding ortho intramolecular Hbond substituents is 2. The minimum absolute atomic E-state index is 0.0363. The second kappa shape index (κ2) is 12.6. The van der Waals surface area contributed by atoms with Gasteiger partial charge >= 0.3 is 11.9 Å². The third-order valence-electron chi connectivity index (χ3n) is 5.51. The summed E-state index contributed by atoms with van der Waals surface area (Å²) in [6.07, 6.45) is 0. The Labute approximate surface area is 228 Å². The molecular weight excluding hydrogens is 516 g/mol. The van der Waals surface area contributed by atoms with Crippen molar-refractivity contribution in [3.05, 3.63) is 96.1 Å². The summed E-state index contributed by atoms with van der Waals surface area (Å²) in [5, 5.41) is 60.4. The molecule has 0 saturated carbocycles. The Kier molecular flexibility index (Phi) is 8.62. The SMILES string of the molecule is O=C(O)c1ccc(/N=N/c2ccc(NCCNc3ccc(/N=N/c4ccc(C(=O)O)cc4O)cc3)cc2)c(O)c1. The fourth-order valence-corrected chi connectivity index (χ4v) is 3.41. The van der Waals surface area contributed by atoms with Crippen LogP contribution in [0.3, 0.4) is 0 Å². The van der Waals surface area contributed by atoms with Crippen LogP contribution in [0.15, 0.2) is 105 Å². The van der Waals surface area contributed by atoms with E-state index in [4.69, 9.17) is 10.2 Å². The van der Waals surface area contributed by atoms with E-state index in [2.05, 4.69) is 31.1 Å². The summed E-state index contributed by atoms with van der Waals surface area (Å²) < 4.78 is 0. The number of hydrogen-bond acceptors (Lipinski definition) is 10. The Morgan fingerprint density at radius 2 is 0.925 bits per heavy atom. The van der Waals surface area contributed by atoms with Crippen molar-refractivity contribution in [2.24, 2.45) is 20.5 Å². The van der Waals surface area contributed by atoms with E-state index in [0.29, 0.717) is 24.5 Å². The number of rotatable bonds is 11. The van der Waals surface area contributed by atoms with Gasteiger partial charge in [-0.1, -0.05) is 0 Å². The maximum Gasteiger partial charge on any atom is 0.335 e. The summed E-state index contributed by atoms with van der Waals surface area (Å²) in [7, 11) is 0. The molecule has 4 rings (SSSR count). The largest absolute Gasteiger partial charge is 0.506 e. The zero-order chi connectivity index (χ0) is 28.5. The van der Waals surface area contributed by atoms with E-state index in [9.17, 15) is 19.8 Å². The number of carboxylic acid groups (broad SMARTS) is 2. The molecule has 4 aromatic rings. The van der Waals surface area contributed by atoms with Gasteiger partial charge < -0.3 is 31.1 Å². The van der Waals surface area contributed by atoms with Gasteiger partial charge in [-0.15, -0.1) is 10.2 Å². The van der Waals surface area contributed by atoms with E-state index in [1.54, 1.807) is 24.3 Å². The second-order valence-corrected chi connectivity index (χ2v) is 8.36. The third kappa shape index (κ3) is 7.38. The normalized spacial score (nSPS) is 11.1. The lowest BCUT2D eigenvalue weighted by atomic mass is 10.2. The first-order valence-corrected chi connectivity index (χ1v) is 11.9. The Morgan fingerprint density at radius 1 is 0.550 bits per heavy atom. The molecule has 0 aliphatic heterocycles. The molecule has 0 aromatic heterocycles. The van der Waals surface area contributed by atoms with Crippen molar-refractivity contribution in [3.63, 3.8) is 0 Å². The number of phenols is 2. The average molecular weight is 541 g/mol. The highest BCUT2D eigenvalue weighted by molar-refractivity contribution is 5.89. The number of carboxylic acids is 2. The van der Waals surface area contributed by atoms with Crippen LogP contribution in [0.5, 0.6) is 11.5 Å². The van der Waals surface area contributed by atoms with Gasteiger partial charge in [-0.05, 0) is 84.9 Å². The number of nitrogens with one attached hydrogen (secondary N) is 2. The first-order chi connectivity index (χ1) is 19.3. The third-order valence-corrected chi connectivity index (χ3v) is 5.51. The average Bonchev–Trinajstić information content (AvgIpc) is 2.95. The molecule has 12 heteroatoms. The number of nitrogens with zero attached hydrogens (tertiary/aromatic N) is 4. The summed E-state index contributed by atoms with van der Waals surface area (Å²) in [6.45, 7) is 1.27. The molecule has 0 aliphatic rings. The lowest BCUT2D eigenvalue weighted by Crippen LogP contribution is -2.13. The minimum atomic E-state index is -1.14. The van der Waals surface area contributed by atoms with E-state index in [1.165, 1.54) is 24.3 Å². The smallest absolute Gasteiger partial charge is 0.335 e. The van der Waals surface area contributed by atoms with E-state index < -0.39 is 11.9 Å². The van der Waals surface area contributed by atoms with Gasteiger partial charge in [0.05, 0.1) is 22.5 Å². The van der Waals surface area contributed by atoms with Crippen molar-refractivity contribution < 1.29 is 30.0 Å². The molecule has 0 fully saturated rings. The van der Waals surface area contributed by atoms with Crippen molar-refractivity contribution >= 4 is 46.1 Å². The zero-order valence-corrected chi connectivity index (χ0v) is 20.9. The lowest BCUT2D eigenvalue weighted by molar-refractivity contribution is 0.0686. The van der Waals surface area contributed by atoms with Gasteiger partial charge in [0.1, 0.15) is 22.9 Å². The quantitative estimate of drug-likeness (QED) is 0.0879. The van der Waals surface area contributed by atoms with Crippen LogP contribution in [0.25, 0.3) is 0 Å². The van der Waals surface area contributed by atoms with Crippen molar-refractivity contribution in [2.45, 2.75) is 0 Å². The number of anilines is 2. The minimum Gasteiger partial charge on any atom is -0.506 e. The zero-order valence-electron chi connectivity index (χ0n) is 20.9. The maximum absolute atomic E-state index is 10.9. The van der Waals surface area contributed by atoms with Crippen LogP contribution in [-0.4, -0.2) is 45.5 Å². The van der Waals surface area contributed by atoms with Crippen molar-refractivity contribution in [2.75, 3.05) is 23.7 Å². The van der Waals surface area contributed by atoms with Gasteiger partial charge in [0.15, 0.2) is 0 Å². The van der Waals surface area contributed by atoms with Gasteiger partial charge in [-0.3, -0.25) is 0 Å². The highest BCUT2D eigenvalue weighted by atomic mass is 16.4. The molecule has 6 N–H and O–H groups in total. The molecule has 40 heavy (non-hydrogen) atoms. The molecule has 0 atom stereocenters. The number of aromatic hydroxyl groups is 2. The van der Waals surface area contributed by atoms with E-state index >= 15 is 0 Å².